The van der Waals surface area contributed by atoms with Crippen molar-refractivity contribution in [2.75, 3.05) is 32.8 Å². The molecule has 1 aliphatic rings. The highest BCUT2D eigenvalue weighted by molar-refractivity contribution is 5.83. The van der Waals surface area contributed by atoms with E-state index in [0.29, 0.717) is 6.61 Å². The summed E-state index contributed by atoms with van der Waals surface area (Å²) in [6, 6.07) is 15.1. The third-order valence-electron chi connectivity index (χ3n) is 7.93. The average Bonchev–Trinajstić information content (AvgIpc) is 3.71. The van der Waals surface area contributed by atoms with E-state index in [1.54, 1.807) is 0 Å². The standard InChI is InChI=1S/C32H39N7O3/c1-22(2)39-20-27(34-36-39)21-41-28-9-5-25(6-10-28)7-12-31-33-29-19-26(32-23(3)35-42-24(32)4)8-11-30(29)38(31)14-13-37-15-17-40-18-16-37/h5-6,8-11,19-20,22H,7,12-18,21H2,1-4H3. The molecular weight excluding hydrogens is 530 g/mol. The van der Waals surface area contributed by atoms with Gasteiger partial charge in [0.2, 0.25) is 0 Å². The number of fused-ring (bicyclic) bond motifs is 1. The molecule has 0 unspecified atom stereocenters. The first-order chi connectivity index (χ1) is 20.4. The molecule has 0 radical (unpaired) electrons. The third kappa shape index (κ3) is 6.24. The first-order valence-electron chi connectivity index (χ1n) is 14.8. The molecule has 2 aromatic carbocycles. The molecule has 0 N–H and O–H groups in total. The van der Waals surface area contributed by atoms with Crippen LogP contribution in [-0.2, 0) is 30.7 Å². The number of aromatic nitrogens is 6. The van der Waals surface area contributed by atoms with Crippen molar-refractivity contribution in [3.05, 3.63) is 77.2 Å². The number of nitrogens with zero attached hydrogens (tertiary/aromatic N) is 7. The monoisotopic (exact) mass is 569 g/mol. The molecule has 0 amide bonds. The van der Waals surface area contributed by atoms with Crippen molar-refractivity contribution in [1.29, 1.82) is 0 Å². The lowest BCUT2D eigenvalue weighted by Gasteiger charge is -2.27. The van der Waals surface area contributed by atoms with Crippen LogP contribution < -0.4 is 4.74 Å². The molecular formula is C32H39N7O3. The van der Waals surface area contributed by atoms with E-state index in [4.69, 9.17) is 19.0 Å². The van der Waals surface area contributed by atoms with Crippen molar-refractivity contribution in [2.45, 2.75) is 59.7 Å². The van der Waals surface area contributed by atoms with Crippen LogP contribution in [0.2, 0.25) is 0 Å². The van der Waals surface area contributed by atoms with Gasteiger partial charge in [-0.1, -0.05) is 28.6 Å². The Morgan fingerprint density at radius 1 is 0.976 bits per heavy atom. The Morgan fingerprint density at radius 3 is 2.50 bits per heavy atom. The van der Waals surface area contributed by atoms with Crippen LogP contribution in [0.5, 0.6) is 5.75 Å². The van der Waals surface area contributed by atoms with Crippen LogP contribution in [0.25, 0.3) is 22.2 Å². The molecule has 1 aliphatic heterocycles. The molecule has 220 valence electrons. The number of hydrogen-bond acceptors (Lipinski definition) is 8. The van der Waals surface area contributed by atoms with E-state index < -0.39 is 0 Å². The molecule has 1 fully saturated rings. The Labute approximate surface area is 246 Å². The molecule has 10 heteroatoms. The van der Waals surface area contributed by atoms with Gasteiger partial charge in [0.15, 0.2) is 0 Å². The highest BCUT2D eigenvalue weighted by atomic mass is 16.5. The average molecular weight is 570 g/mol. The number of benzene rings is 2. The Balaban J connectivity index is 1.17. The zero-order valence-corrected chi connectivity index (χ0v) is 24.9. The van der Waals surface area contributed by atoms with Crippen LogP contribution in [0.4, 0.5) is 0 Å². The van der Waals surface area contributed by atoms with E-state index in [1.165, 1.54) is 5.56 Å². The lowest BCUT2D eigenvalue weighted by atomic mass is 10.0. The van der Waals surface area contributed by atoms with Crippen LogP contribution in [0, 0.1) is 13.8 Å². The smallest absolute Gasteiger partial charge is 0.141 e. The van der Waals surface area contributed by atoms with Gasteiger partial charge in [-0.2, -0.15) is 0 Å². The van der Waals surface area contributed by atoms with Crippen LogP contribution in [-0.4, -0.2) is 67.4 Å². The Bertz CT molecular complexity index is 1610. The van der Waals surface area contributed by atoms with E-state index in [-0.39, 0.29) is 6.04 Å². The fourth-order valence-electron chi connectivity index (χ4n) is 5.53. The molecule has 0 aliphatic carbocycles. The molecule has 10 nitrogen and oxygen atoms in total. The van der Waals surface area contributed by atoms with Gasteiger partial charge in [-0.3, -0.25) is 4.90 Å². The lowest BCUT2D eigenvalue weighted by Crippen LogP contribution is -2.38. The lowest BCUT2D eigenvalue weighted by molar-refractivity contribution is 0.0364. The van der Waals surface area contributed by atoms with Gasteiger partial charge in [0, 0.05) is 44.2 Å². The van der Waals surface area contributed by atoms with E-state index in [1.807, 2.05) is 36.9 Å². The van der Waals surface area contributed by atoms with Gasteiger partial charge >= 0.3 is 0 Å². The zero-order valence-electron chi connectivity index (χ0n) is 24.9. The number of aryl methyl sites for hydroxylation is 4. The predicted octanol–water partition coefficient (Wildman–Crippen LogP) is 5.18. The molecule has 0 spiro atoms. The van der Waals surface area contributed by atoms with E-state index in [0.717, 1.165) is 103 Å². The maximum Gasteiger partial charge on any atom is 0.141 e. The summed E-state index contributed by atoms with van der Waals surface area (Å²) in [4.78, 5) is 7.62. The van der Waals surface area contributed by atoms with Crippen molar-refractivity contribution in [1.82, 2.24) is 34.6 Å². The largest absolute Gasteiger partial charge is 0.487 e. The topological polar surface area (TPSA) is 96.3 Å². The minimum absolute atomic E-state index is 0.280. The zero-order chi connectivity index (χ0) is 29.1. The molecule has 0 atom stereocenters. The first-order valence-corrected chi connectivity index (χ1v) is 14.8. The SMILES string of the molecule is Cc1noc(C)c1-c1ccc2c(c1)nc(CCc1ccc(OCc3cn(C(C)C)nn3)cc1)n2CCN1CCOCC1. The van der Waals surface area contributed by atoms with Gasteiger partial charge in [-0.15, -0.1) is 5.10 Å². The molecule has 5 aromatic rings. The van der Waals surface area contributed by atoms with Gasteiger partial charge in [0.05, 0.1) is 36.1 Å². The van der Waals surface area contributed by atoms with Crippen molar-refractivity contribution in [2.24, 2.45) is 0 Å². The summed E-state index contributed by atoms with van der Waals surface area (Å²) in [5.74, 6) is 2.75. The number of imidazole rings is 1. The molecule has 0 bridgehead atoms. The molecule has 6 rings (SSSR count). The summed E-state index contributed by atoms with van der Waals surface area (Å²) in [5.41, 5.74) is 7.26. The second-order valence-corrected chi connectivity index (χ2v) is 11.3. The van der Waals surface area contributed by atoms with E-state index in [9.17, 15) is 0 Å². The van der Waals surface area contributed by atoms with E-state index >= 15 is 0 Å². The van der Waals surface area contributed by atoms with Crippen molar-refractivity contribution in [3.63, 3.8) is 0 Å². The molecule has 3 aromatic heterocycles. The van der Waals surface area contributed by atoms with Gasteiger partial charge in [0.1, 0.15) is 29.6 Å². The van der Waals surface area contributed by atoms with Gasteiger partial charge in [-0.25, -0.2) is 9.67 Å². The van der Waals surface area contributed by atoms with Gasteiger partial charge in [0.25, 0.3) is 0 Å². The maximum atomic E-state index is 5.95. The van der Waals surface area contributed by atoms with Crippen LogP contribution >= 0.6 is 0 Å². The second-order valence-electron chi connectivity index (χ2n) is 11.3. The fraction of sp³-hybridized carbons (Fsp3) is 0.438. The first kappa shape index (κ1) is 28.1. The summed E-state index contributed by atoms with van der Waals surface area (Å²) < 4.78 is 21.2. The van der Waals surface area contributed by atoms with Crippen molar-refractivity contribution in [3.8, 4) is 16.9 Å². The van der Waals surface area contributed by atoms with Gasteiger partial charge < -0.3 is 18.6 Å². The molecule has 0 saturated carbocycles. The van der Waals surface area contributed by atoms with E-state index in [2.05, 4.69) is 69.1 Å². The van der Waals surface area contributed by atoms with Crippen molar-refractivity contribution >= 4 is 11.0 Å². The quantitative estimate of drug-likeness (QED) is 0.215. The highest BCUT2D eigenvalue weighted by Crippen LogP contribution is 2.30. The Morgan fingerprint density at radius 2 is 1.79 bits per heavy atom. The summed E-state index contributed by atoms with van der Waals surface area (Å²) in [6.07, 6.45) is 3.67. The van der Waals surface area contributed by atoms with Crippen LogP contribution in [0.3, 0.4) is 0 Å². The van der Waals surface area contributed by atoms with Crippen molar-refractivity contribution < 1.29 is 14.0 Å². The van der Waals surface area contributed by atoms with Gasteiger partial charge in [-0.05, 0) is 69.5 Å². The maximum absolute atomic E-state index is 5.95. The number of morpholine rings is 1. The second kappa shape index (κ2) is 12.5. The molecule has 4 heterocycles. The minimum atomic E-state index is 0.280. The van der Waals surface area contributed by atoms with Crippen LogP contribution in [0.1, 0.15) is 48.4 Å². The predicted molar refractivity (Wildman–Crippen MR) is 161 cm³/mol. The van der Waals surface area contributed by atoms with Crippen LogP contribution in [0.15, 0.2) is 53.2 Å². The summed E-state index contributed by atoms with van der Waals surface area (Å²) in [5, 5.41) is 12.5. The Kier molecular flexibility index (Phi) is 8.34. The highest BCUT2D eigenvalue weighted by Gasteiger charge is 2.17. The minimum Gasteiger partial charge on any atom is -0.487 e. The summed E-state index contributed by atoms with van der Waals surface area (Å²) in [7, 11) is 0. The summed E-state index contributed by atoms with van der Waals surface area (Å²) in [6.45, 7) is 13.9. The Hall–Kier alpha value is -4.02. The molecule has 42 heavy (non-hydrogen) atoms. The fourth-order valence-corrected chi connectivity index (χ4v) is 5.53. The summed E-state index contributed by atoms with van der Waals surface area (Å²) >= 11 is 0. The number of rotatable bonds is 11. The number of hydrogen-bond donors (Lipinski definition) is 0. The number of ether oxygens (including phenoxy) is 2. The third-order valence-corrected chi connectivity index (χ3v) is 7.93. The molecule has 1 saturated heterocycles. The normalized spacial score (nSPS) is 14.3.